The van der Waals surface area contributed by atoms with Crippen LogP contribution < -0.4 is 11.4 Å². The summed E-state index contributed by atoms with van der Waals surface area (Å²) in [4.78, 5) is 26.6. The van der Waals surface area contributed by atoms with Gasteiger partial charge >= 0.3 is 5.69 Å². The van der Waals surface area contributed by atoms with E-state index in [0.717, 1.165) is 12.0 Å². The summed E-state index contributed by atoms with van der Waals surface area (Å²) in [7, 11) is 0. The first-order chi connectivity index (χ1) is 12.2. The molecule has 0 unspecified atom stereocenters. The molecule has 0 aliphatic heterocycles. The second kappa shape index (κ2) is 9.17. The van der Waals surface area contributed by atoms with E-state index in [-0.39, 0.29) is 30.5 Å². The molecule has 0 spiro atoms. The minimum absolute atomic E-state index is 0. The summed E-state index contributed by atoms with van der Waals surface area (Å²) >= 11 is 0. The van der Waals surface area contributed by atoms with Crippen LogP contribution in [-0.4, -0.2) is 44.6 Å². The van der Waals surface area contributed by atoms with Crippen molar-refractivity contribution in [1.82, 2.24) is 19.1 Å². The third-order valence-corrected chi connectivity index (χ3v) is 4.04. The van der Waals surface area contributed by atoms with Crippen LogP contribution in [0.15, 0.2) is 59.5 Å². The molecule has 0 fully saturated rings. The Morgan fingerprint density at radius 1 is 1.08 bits per heavy atom. The average Bonchev–Trinajstić information content (AvgIpc) is 2.95. The standard InChI is InChI=1S/C18H21N5O2.ClH/c19-10-13-21(12-9-15-6-2-1-3-7-15)17(24)14-23-18(25)22-11-5-4-8-16(22)20-23;/h1-8,11H,9-10,12-14,19H2;1H. The van der Waals surface area contributed by atoms with E-state index in [1.54, 1.807) is 29.3 Å². The normalized spacial score (nSPS) is 10.5. The summed E-state index contributed by atoms with van der Waals surface area (Å²) in [6, 6.07) is 15.2. The van der Waals surface area contributed by atoms with Gasteiger partial charge in [0.25, 0.3) is 0 Å². The number of amides is 1. The first-order valence-corrected chi connectivity index (χ1v) is 8.25. The molecule has 8 heteroatoms. The Kier molecular flexibility index (Phi) is 6.94. The number of hydrogen-bond donors (Lipinski definition) is 1. The number of carbonyl (C=O) groups is 1. The number of aromatic nitrogens is 3. The van der Waals surface area contributed by atoms with Gasteiger partial charge in [-0.25, -0.2) is 9.48 Å². The molecule has 2 N–H and O–H groups in total. The minimum Gasteiger partial charge on any atom is -0.339 e. The van der Waals surface area contributed by atoms with Gasteiger partial charge in [0.15, 0.2) is 5.65 Å². The number of carbonyl (C=O) groups excluding carboxylic acids is 1. The van der Waals surface area contributed by atoms with Crippen molar-refractivity contribution in [2.24, 2.45) is 5.73 Å². The molecule has 1 amide bonds. The predicted molar refractivity (Wildman–Crippen MR) is 102 cm³/mol. The minimum atomic E-state index is -0.320. The van der Waals surface area contributed by atoms with Gasteiger partial charge in [-0.15, -0.1) is 17.5 Å². The maximum Gasteiger partial charge on any atom is 0.350 e. The van der Waals surface area contributed by atoms with Crippen LogP contribution in [0.1, 0.15) is 5.56 Å². The van der Waals surface area contributed by atoms with Gasteiger partial charge in [0.05, 0.1) is 0 Å². The van der Waals surface area contributed by atoms with Crippen LogP contribution >= 0.6 is 12.4 Å². The molecule has 0 radical (unpaired) electrons. The van der Waals surface area contributed by atoms with Crippen molar-refractivity contribution < 1.29 is 4.79 Å². The fraction of sp³-hybridized carbons (Fsp3) is 0.278. The van der Waals surface area contributed by atoms with E-state index in [1.807, 2.05) is 30.3 Å². The zero-order chi connectivity index (χ0) is 17.6. The SMILES string of the molecule is Cl.NCCN(CCc1ccccc1)C(=O)Cn1nc2ccccn2c1=O. The smallest absolute Gasteiger partial charge is 0.339 e. The number of hydrogen-bond acceptors (Lipinski definition) is 4. The van der Waals surface area contributed by atoms with Crippen molar-refractivity contribution in [2.45, 2.75) is 13.0 Å². The van der Waals surface area contributed by atoms with Gasteiger partial charge < -0.3 is 10.6 Å². The number of benzene rings is 1. The zero-order valence-electron chi connectivity index (χ0n) is 14.3. The Morgan fingerprint density at radius 2 is 1.81 bits per heavy atom. The molecular weight excluding hydrogens is 354 g/mol. The molecule has 0 aliphatic carbocycles. The molecule has 2 aromatic heterocycles. The number of pyridine rings is 1. The fourth-order valence-electron chi connectivity index (χ4n) is 2.73. The maximum atomic E-state index is 12.6. The lowest BCUT2D eigenvalue weighted by atomic mass is 10.1. The quantitative estimate of drug-likeness (QED) is 0.666. The number of halogens is 1. The van der Waals surface area contributed by atoms with Crippen LogP contribution in [0.25, 0.3) is 5.65 Å². The molecule has 3 aromatic rings. The van der Waals surface area contributed by atoms with Gasteiger partial charge in [0.1, 0.15) is 6.54 Å². The lowest BCUT2D eigenvalue weighted by molar-refractivity contribution is -0.132. The highest BCUT2D eigenvalue weighted by Crippen LogP contribution is 2.03. The van der Waals surface area contributed by atoms with Crippen molar-refractivity contribution in [3.8, 4) is 0 Å². The van der Waals surface area contributed by atoms with Crippen molar-refractivity contribution in [1.29, 1.82) is 0 Å². The van der Waals surface area contributed by atoms with Crippen molar-refractivity contribution >= 4 is 24.0 Å². The van der Waals surface area contributed by atoms with E-state index in [0.29, 0.717) is 25.3 Å². The van der Waals surface area contributed by atoms with E-state index in [9.17, 15) is 9.59 Å². The number of rotatable bonds is 7. The summed E-state index contributed by atoms with van der Waals surface area (Å²) in [6.07, 6.45) is 2.38. The van der Waals surface area contributed by atoms with Crippen LogP contribution in [0.5, 0.6) is 0 Å². The topological polar surface area (TPSA) is 85.6 Å². The van der Waals surface area contributed by atoms with E-state index in [2.05, 4.69) is 5.10 Å². The molecule has 138 valence electrons. The molecular formula is C18H22ClN5O2. The number of nitrogens with two attached hydrogens (primary N) is 1. The Balaban J connectivity index is 0.00000243. The highest BCUT2D eigenvalue weighted by atomic mass is 35.5. The van der Waals surface area contributed by atoms with E-state index >= 15 is 0 Å². The maximum absolute atomic E-state index is 12.6. The highest BCUT2D eigenvalue weighted by molar-refractivity contribution is 5.85. The average molecular weight is 376 g/mol. The third kappa shape index (κ3) is 4.50. The summed E-state index contributed by atoms with van der Waals surface area (Å²) < 4.78 is 2.62. The third-order valence-electron chi connectivity index (χ3n) is 4.04. The highest BCUT2D eigenvalue weighted by Gasteiger charge is 2.16. The molecule has 0 saturated heterocycles. The summed E-state index contributed by atoms with van der Waals surface area (Å²) in [6.45, 7) is 1.30. The Bertz CT molecular complexity index is 907. The second-order valence-corrected chi connectivity index (χ2v) is 5.77. The van der Waals surface area contributed by atoms with Gasteiger partial charge in [0, 0.05) is 25.8 Å². The molecule has 2 heterocycles. The van der Waals surface area contributed by atoms with Crippen LogP contribution in [-0.2, 0) is 17.8 Å². The molecule has 0 saturated carbocycles. The predicted octanol–water partition coefficient (Wildman–Crippen LogP) is 0.948. The van der Waals surface area contributed by atoms with Crippen molar-refractivity contribution in [3.05, 3.63) is 70.8 Å². The lowest BCUT2D eigenvalue weighted by Crippen LogP contribution is -2.40. The van der Waals surface area contributed by atoms with Gasteiger partial charge in [-0.05, 0) is 24.1 Å². The van der Waals surface area contributed by atoms with Crippen LogP contribution in [0, 0.1) is 0 Å². The zero-order valence-corrected chi connectivity index (χ0v) is 15.1. The van der Waals surface area contributed by atoms with Crippen LogP contribution in [0.4, 0.5) is 0 Å². The van der Waals surface area contributed by atoms with Gasteiger partial charge in [0.2, 0.25) is 5.91 Å². The lowest BCUT2D eigenvalue weighted by Gasteiger charge is -2.21. The van der Waals surface area contributed by atoms with Crippen LogP contribution in [0.2, 0.25) is 0 Å². The molecule has 0 atom stereocenters. The molecule has 1 aromatic carbocycles. The Morgan fingerprint density at radius 3 is 2.50 bits per heavy atom. The molecule has 0 bridgehead atoms. The van der Waals surface area contributed by atoms with Gasteiger partial charge in [-0.2, -0.15) is 0 Å². The van der Waals surface area contributed by atoms with Gasteiger partial charge in [-0.1, -0.05) is 36.4 Å². The van der Waals surface area contributed by atoms with Crippen molar-refractivity contribution in [2.75, 3.05) is 19.6 Å². The molecule has 3 rings (SSSR count). The van der Waals surface area contributed by atoms with Gasteiger partial charge in [-0.3, -0.25) is 9.20 Å². The fourth-order valence-corrected chi connectivity index (χ4v) is 2.73. The van der Waals surface area contributed by atoms with Crippen molar-refractivity contribution in [3.63, 3.8) is 0 Å². The first-order valence-electron chi connectivity index (χ1n) is 8.25. The monoisotopic (exact) mass is 375 g/mol. The molecule has 7 nitrogen and oxygen atoms in total. The van der Waals surface area contributed by atoms with E-state index < -0.39 is 0 Å². The number of nitrogens with zero attached hydrogens (tertiary/aromatic N) is 4. The summed E-state index contributed by atoms with van der Waals surface area (Å²) in [5.74, 6) is -0.160. The number of fused-ring (bicyclic) bond motifs is 1. The second-order valence-electron chi connectivity index (χ2n) is 5.77. The van der Waals surface area contributed by atoms with E-state index in [4.69, 9.17) is 5.73 Å². The Labute approximate surface area is 157 Å². The summed E-state index contributed by atoms with van der Waals surface area (Å²) in [5, 5.41) is 4.20. The van der Waals surface area contributed by atoms with Crippen LogP contribution in [0.3, 0.4) is 0 Å². The summed E-state index contributed by atoms with van der Waals surface area (Å²) in [5.41, 5.74) is 7.00. The van der Waals surface area contributed by atoms with E-state index in [1.165, 1.54) is 9.08 Å². The molecule has 26 heavy (non-hydrogen) atoms. The Hall–Kier alpha value is -2.64. The first kappa shape index (κ1) is 19.7. The molecule has 0 aliphatic rings. The largest absolute Gasteiger partial charge is 0.350 e.